The summed E-state index contributed by atoms with van der Waals surface area (Å²) in [4.78, 5) is 21.9. The lowest BCUT2D eigenvalue weighted by Crippen LogP contribution is -2.36. The largest absolute Gasteiger partial charge is 0.494 e. The van der Waals surface area contributed by atoms with Crippen LogP contribution in [0.5, 0.6) is 5.75 Å². The Hall–Kier alpha value is -2.44. The number of carbonyl (C=O) groups excluding carboxylic acids is 1. The van der Waals surface area contributed by atoms with Crippen LogP contribution in [-0.2, 0) is 0 Å². The highest BCUT2D eigenvalue weighted by Gasteiger charge is 2.22. The lowest BCUT2D eigenvalue weighted by molar-refractivity contribution is 0.0985. The summed E-state index contributed by atoms with van der Waals surface area (Å²) in [5, 5.41) is 0.716. The molecule has 3 aromatic rings. The first kappa shape index (κ1) is 20.3. The fourth-order valence-corrected chi connectivity index (χ4v) is 3.90. The molecule has 0 bridgehead atoms. The van der Waals surface area contributed by atoms with Crippen molar-refractivity contribution >= 4 is 32.6 Å². The summed E-state index contributed by atoms with van der Waals surface area (Å²) in [5.74, 6) is 0.805. The minimum Gasteiger partial charge on any atom is -0.494 e. The lowest BCUT2D eigenvalue weighted by Gasteiger charge is -2.22. The zero-order valence-electron chi connectivity index (χ0n) is 17.2. The maximum atomic E-state index is 13.3. The third kappa shape index (κ3) is 4.51. The van der Waals surface area contributed by atoms with Gasteiger partial charge in [-0.1, -0.05) is 17.4 Å². The molecule has 1 amide bonds. The molecule has 0 aliphatic carbocycles. The van der Waals surface area contributed by atoms with Crippen molar-refractivity contribution in [3.63, 3.8) is 0 Å². The molecule has 0 saturated carbocycles. The Labute approximate surface area is 170 Å². The Morgan fingerprint density at radius 1 is 1.07 bits per heavy atom. The Kier molecular flexibility index (Phi) is 6.31. The minimum absolute atomic E-state index is 0.0194. The first-order valence-corrected chi connectivity index (χ1v) is 10.3. The number of fused-ring (bicyclic) bond motifs is 1. The fraction of sp³-hybridized carbons (Fsp3) is 0.364. The van der Waals surface area contributed by atoms with Crippen LogP contribution in [0.3, 0.4) is 0 Å². The van der Waals surface area contributed by atoms with Crippen LogP contribution in [-0.4, -0.2) is 49.6 Å². The van der Waals surface area contributed by atoms with Crippen LogP contribution < -0.4 is 9.64 Å². The molecule has 0 N–H and O–H groups in total. The van der Waals surface area contributed by atoms with E-state index >= 15 is 0 Å². The number of ether oxygens (including phenoxy) is 1. The molecule has 0 aliphatic rings. The third-order valence-electron chi connectivity index (χ3n) is 4.66. The van der Waals surface area contributed by atoms with Crippen molar-refractivity contribution in [2.75, 3.05) is 38.7 Å². The highest BCUT2D eigenvalue weighted by molar-refractivity contribution is 7.22. The van der Waals surface area contributed by atoms with Gasteiger partial charge in [0.1, 0.15) is 5.75 Å². The van der Waals surface area contributed by atoms with E-state index in [-0.39, 0.29) is 5.91 Å². The Morgan fingerprint density at radius 2 is 1.86 bits per heavy atom. The number of nitrogens with zero attached hydrogens (tertiary/aromatic N) is 3. The molecule has 6 heteroatoms. The van der Waals surface area contributed by atoms with Crippen LogP contribution >= 0.6 is 11.3 Å². The summed E-state index contributed by atoms with van der Waals surface area (Å²) < 4.78 is 6.61. The van der Waals surface area contributed by atoms with Gasteiger partial charge in [0, 0.05) is 18.7 Å². The maximum absolute atomic E-state index is 13.3. The average molecular weight is 398 g/mol. The smallest absolute Gasteiger partial charge is 0.260 e. The fourth-order valence-electron chi connectivity index (χ4n) is 2.88. The molecule has 1 heterocycles. The van der Waals surface area contributed by atoms with Gasteiger partial charge in [-0.3, -0.25) is 9.69 Å². The standard InChI is InChI=1S/C22H27N3O2S/c1-6-27-18-9-10-19-20(14-18)28-22(23-19)25(12-11-24(4)5)21(26)17-8-7-15(2)16(3)13-17/h7-10,13-14H,6,11-12H2,1-5H3. The second kappa shape index (κ2) is 8.71. The monoisotopic (exact) mass is 397 g/mol. The van der Waals surface area contributed by atoms with Crippen LogP contribution in [0.15, 0.2) is 36.4 Å². The molecule has 2 aromatic carbocycles. The molecule has 0 unspecified atom stereocenters. The number of hydrogen-bond acceptors (Lipinski definition) is 5. The number of aromatic nitrogens is 1. The number of carbonyl (C=O) groups is 1. The quantitative estimate of drug-likeness (QED) is 0.588. The molecule has 148 valence electrons. The Bertz CT molecular complexity index is 981. The number of anilines is 1. The number of likely N-dealkylation sites (N-methyl/N-ethyl adjacent to an activating group) is 1. The van der Waals surface area contributed by atoms with Gasteiger partial charge in [0.15, 0.2) is 5.13 Å². The van der Waals surface area contributed by atoms with E-state index in [4.69, 9.17) is 9.72 Å². The van der Waals surface area contributed by atoms with E-state index in [9.17, 15) is 4.79 Å². The summed E-state index contributed by atoms with van der Waals surface area (Å²) in [6.07, 6.45) is 0. The number of hydrogen-bond donors (Lipinski definition) is 0. The maximum Gasteiger partial charge on any atom is 0.260 e. The van der Waals surface area contributed by atoms with E-state index in [1.54, 1.807) is 4.90 Å². The topological polar surface area (TPSA) is 45.7 Å². The summed E-state index contributed by atoms with van der Waals surface area (Å²) in [6, 6.07) is 11.7. The van der Waals surface area contributed by atoms with Crippen molar-refractivity contribution in [2.45, 2.75) is 20.8 Å². The molecule has 3 rings (SSSR count). The molecule has 0 spiro atoms. The van der Waals surface area contributed by atoms with Crippen LogP contribution in [0.25, 0.3) is 10.2 Å². The summed E-state index contributed by atoms with van der Waals surface area (Å²) >= 11 is 1.52. The minimum atomic E-state index is -0.0194. The molecule has 5 nitrogen and oxygen atoms in total. The highest BCUT2D eigenvalue weighted by Crippen LogP contribution is 2.32. The molecule has 1 aromatic heterocycles. The van der Waals surface area contributed by atoms with Crippen molar-refractivity contribution in [1.82, 2.24) is 9.88 Å². The van der Waals surface area contributed by atoms with Crippen LogP contribution in [0, 0.1) is 13.8 Å². The van der Waals surface area contributed by atoms with Crippen molar-refractivity contribution < 1.29 is 9.53 Å². The van der Waals surface area contributed by atoms with E-state index < -0.39 is 0 Å². The van der Waals surface area contributed by atoms with Gasteiger partial charge in [0.2, 0.25) is 0 Å². The SMILES string of the molecule is CCOc1ccc2nc(N(CCN(C)C)C(=O)c3ccc(C)c(C)c3)sc2c1. The first-order chi connectivity index (χ1) is 13.4. The van der Waals surface area contributed by atoms with E-state index in [1.807, 2.05) is 64.3 Å². The highest BCUT2D eigenvalue weighted by atomic mass is 32.1. The third-order valence-corrected chi connectivity index (χ3v) is 5.70. The van der Waals surface area contributed by atoms with Crippen LogP contribution in [0.2, 0.25) is 0 Å². The Morgan fingerprint density at radius 3 is 2.54 bits per heavy atom. The summed E-state index contributed by atoms with van der Waals surface area (Å²) in [6.45, 7) is 8.01. The molecule has 0 aliphatic heterocycles. The molecular formula is C22H27N3O2S. The van der Waals surface area contributed by atoms with Gasteiger partial charge >= 0.3 is 0 Å². The predicted molar refractivity (Wildman–Crippen MR) is 117 cm³/mol. The summed E-state index contributed by atoms with van der Waals surface area (Å²) in [7, 11) is 4.01. The van der Waals surface area contributed by atoms with Gasteiger partial charge in [-0.2, -0.15) is 0 Å². The first-order valence-electron chi connectivity index (χ1n) is 9.46. The number of rotatable bonds is 7. The van der Waals surface area contributed by atoms with E-state index in [2.05, 4.69) is 11.8 Å². The number of benzene rings is 2. The van der Waals surface area contributed by atoms with E-state index in [0.717, 1.165) is 28.1 Å². The van der Waals surface area contributed by atoms with Gasteiger partial charge in [0.25, 0.3) is 5.91 Å². The zero-order chi connectivity index (χ0) is 20.3. The van der Waals surface area contributed by atoms with Gasteiger partial charge in [-0.25, -0.2) is 4.98 Å². The van der Waals surface area contributed by atoms with E-state index in [1.165, 1.54) is 16.9 Å². The van der Waals surface area contributed by atoms with Gasteiger partial charge in [-0.05, 0) is 76.3 Å². The van der Waals surface area contributed by atoms with Gasteiger partial charge in [0.05, 0.1) is 16.8 Å². The molecule has 0 fully saturated rings. The number of aryl methyl sites for hydroxylation is 2. The Balaban J connectivity index is 1.97. The number of thiazole rings is 1. The van der Waals surface area contributed by atoms with Crippen molar-refractivity contribution in [3.8, 4) is 5.75 Å². The van der Waals surface area contributed by atoms with E-state index in [0.29, 0.717) is 23.8 Å². The average Bonchev–Trinajstić information content (AvgIpc) is 3.07. The van der Waals surface area contributed by atoms with Crippen molar-refractivity contribution in [1.29, 1.82) is 0 Å². The number of amides is 1. The van der Waals surface area contributed by atoms with Gasteiger partial charge in [-0.15, -0.1) is 0 Å². The lowest BCUT2D eigenvalue weighted by atomic mass is 10.1. The molecule has 0 atom stereocenters. The second-order valence-corrected chi connectivity index (χ2v) is 8.13. The van der Waals surface area contributed by atoms with Crippen LogP contribution in [0.4, 0.5) is 5.13 Å². The normalized spacial score (nSPS) is 11.2. The molecule has 28 heavy (non-hydrogen) atoms. The van der Waals surface area contributed by atoms with Crippen molar-refractivity contribution in [3.05, 3.63) is 53.1 Å². The molecule has 0 radical (unpaired) electrons. The van der Waals surface area contributed by atoms with Crippen LogP contribution in [0.1, 0.15) is 28.4 Å². The zero-order valence-corrected chi connectivity index (χ0v) is 18.0. The van der Waals surface area contributed by atoms with Crippen molar-refractivity contribution in [2.24, 2.45) is 0 Å². The molecular weight excluding hydrogens is 370 g/mol. The molecule has 0 saturated heterocycles. The predicted octanol–water partition coefficient (Wildman–Crippen LogP) is 4.52. The van der Waals surface area contributed by atoms with Gasteiger partial charge < -0.3 is 9.64 Å². The second-order valence-electron chi connectivity index (χ2n) is 7.12. The summed E-state index contributed by atoms with van der Waals surface area (Å²) in [5.41, 5.74) is 3.87.